The normalized spacial score (nSPS) is 17.9. The lowest BCUT2D eigenvalue weighted by Crippen LogP contribution is -2.15. The molecule has 214 valence electrons. The summed E-state index contributed by atoms with van der Waals surface area (Å²) < 4.78 is 50.3. The molecule has 1 aliphatic carbocycles. The zero-order valence-electron chi connectivity index (χ0n) is 23.5. The van der Waals surface area contributed by atoms with Gasteiger partial charge in [0, 0.05) is 5.56 Å². The molecule has 4 rings (SSSR count). The Morgan fingerprint density at radius 3 is 2.40 bits per heavy atom. The van der Waals surface area contributed by atoms with Gasteiger partial charge in [0.1, 0.15) is 0 Å². The zero-order chi connectivity index (χ0) is 28.5. The fourth-order valence-corrected chi connectivity index (χ4v) is 5.79. The first-order chi connectivity index (χ1) is 19.4. The van der Waals surface area contributed by atoms with Gasteiger partial charge in [-0.1, -0.05) is 61.9 Å². The summed E-state index contributed by atoms with van der Waals surface area (Å²) in [7, 11) is 0. The van der Waals surface area contributed by atoms with Gasteiger partial charge in [-0.2, -0.15) is 0 Å². The number of unbranched alkanes of at least 4 members (excludes halogenated alkanes) is 1. The summed E-state index contributed by atoms with van der Waals surface area (Å²) in [6.45, 7) is 6.15. The number of aliphatic hydroxyl groups is 1. The van der Waals surface area contributed by atoms with Gasteiger partial charge in [0.25, 0.3) is 0 Å². The molecule has 0 aromatic heterocycles. The molecule has 0 spiro atoms. The van der Waals surface area contributed by atoms with E-state index in [0.717, 1.165) is 68.9 Å². The molecular formula is C35H41F3O2. The van der Waals surface area contributed by atoms with Crippen LogP contribution >= 0.6 is 0 Å². The van der Waals surface area contributed by atoms with Gasteiger partial charge in [-0.3, -0.25) is 0 Å². The molecule has 5 heteroatoms. The third-order valence-corrected chi connectivity index (χ3v) is 8.22. The standard InChI is InChI=1S/C35H41F3O2/c1-3-5-6-22-40-33-21-12-25(23-31(33)36)9-8-24-10-13-26(14-11-24)29-19-20-30(35(38)34(29)37)27-15-17-28(18-16-27)32(39)7-4-2/h3,12,15-21,23-24,26,32,39H,1,4-11,13-14,22H2,2H3. The Balaban J connectivity index is 1.30. The average molecular weight is 551 g/mol. The second-order valence-electron chi connectivity index (χ2n) is 11.1. The minimum absolute atomic E-state index is 0.00123. The smallest absolute Gasteiger partial charge is 0.166 e. The van der Waals surface area contributed by atoms with Crippen molar-refractivity contribution < 1.29 is 23.0 Å². The minimum Gasteiger partial charge on any atom is -0.491 e. The third-order valence-electron chi connectivity index (χ3n) is 8.22. The van der Waals surface area contributed by atoms with Crippen molar-refractivity contribution in [3.63, 3.8) is 0 Å². The molecule has 0 aliphatic heterocycles. The number of hydrogen-bond acceptors (Lipinski definition) is 2. The summed E-state index contributed by atoms with van der Waals surface area (Å²) in [5, 5.41) is 10.2. The highest BCUT2D eigenvalue weighted by Gasteiger charge is 2.26. The lowest BCUT2D eigenvalue weighted by Gasteiger charge is -2.29. The van der Waals surface area contributed by atoms with Crippen LogP contribution in [0.15, 0.2) is 67.3 Å². The minimum atomic E-state index is -0.809. The number of allylic oxidation sites excluding steroid dienone is 1. The maximum Gasteiger partial charge on any atom is 0.166 e. The highest BCUT2D eigenvalue weighted by molar-refractivity contribution is 5.65. The Labute approximate surface area is 236 Å². The Bertz CT molecular complexity index is 1250. The van der Waals surface area contributed by atoms with E-state index in [0.29, 0.717) is 30.1 Å². The van der Waals surface area contributed by atoms with E-state index in [1.807, 2.05) is 19.1 Å². The Hall–Kier alpha value is -3.05. The lowest BCUT2D eigenvalue weighted by atomic mass is 9.76. The van der Waals surface area contributed by atoms with Crippen LogP contribution in [0.4, 0.5) is 13.2 Å². The summed E-state index contributed by atoms with van der Waals surface area (Å²) in [5.74, 6) is -1.11. The first kappa shape index (κ1) is 29.9. The van der Waals surface area contributed by atoms with Crippen molar-refractivity contribution in [2.24, 2.45) is 5.92 Å². The fourth-order valence-electron chi connectivity index (χ4n) is 5.79. The maximum absolute atomic E-state index is 15.2. The van der Waals surface area contributed by atoms with Crippen molar-refractivity contribution in [3.8, 4) is 16.9 Å². The highest BCUT2D eigenvalue weighted by atomic mass is 19.2. The summed E-state index contributed by atoms with van der Waals surface area (Å²) >= 11 is 0. The lowest BCUT2D eigenvalue weighted by molar-refractivity contribution is 0.166. The van der Waals surface area contributed by atoms with Crippen LogP contribution in [0.5, 0.6) is 5.75 Å². The molecular weight excluding hydrogens is 509 g/mol. The van der Waals surface area contributed by atoms with Crippen LogP contribution < -0.4 is 4.74 Å². The van der Waals surface area contributed by atoms with Gasteiger partial charge in [0.15, 0.2) is 23.2 Å². The van der Waals surface area contributed by atoms with Gasteiger partial charge < -0.3 is 9.84 Å². The van der Waals surface area contributed by atoms with Gasteiger partial charge in [0.2, 0.25) is 0 Å². The van der Waals surface area contributed by atoms with Crippen LogP contribution in [0.25, 0.3) is 11.1 Å². The highest BCUT2D eigenvalue weighted by Crippen LogP contribution is 2.40. The summed E-state index contributed by atoms with van der Waals surface area (Å²) in [6, 6.07) is 15.7. The van der Waals surface area contributed by atoms with Crippen molar-refractivity contribution in [2.45, 2.75) is 83.2 Å². The third kappa shape index (κ3) is 7.57. The molecule has 1 unspecified atom stereocenters. The van der Waals surface area contributed by atoms with Gasteiger partial charge in [0.05, 0.1) is 12.7 Å². The van der Waals surface area contributed by atoms with Gasteiger partial charge in [-0.05, 0) is 104 Å². The fraction of sp³-hybridized carbons (Fsp3) is 0.429. The van der Waals surface area contributed by atoms with E-state index in [4.69, 9.17) is 4.74 Å². The molecule has 1 aliphatic rings. The van der Waals surface area contributed by atoms with E-state index in [9.17, 15) is 9.50 Å². The molecule has 0 amide bonds. The predicted molar refractivity (Wildman–Crippen MR) is 156 cm³/mol. The first-order valence-electron chi connectivity index (χ1n) is 14.7. The molecule has 0 bridgehead atoms. The predicted octanol–water partition coefficient (Wildman–Crippen LogP) is 9.86. The zero-order valence-corrected chi connectivity index (χ0v) is 23.5. The van der Waals surface area contributed by atoms with E-state index in [1.54, 1.807) is 48.5 Å². The quantitative estimate of drug-likeness (QED) is 0.170. The molecule has 2 nitrogen and oxygen atoms in total. The molecule has 3 aromatic carbocycles. The van der Waals surface area contributed by atoms with E-state index >= 15 is 8.78 Å². The van der Waals surface area contributed by atoms with E-state index in [1.165, 1.54) is 0 Å². The topological polar surface area (TPSA) is 29.5 Å². The maximum atomic E-state index is 15.2. The molecule has 1 fully saturated rings. The summed E-state index contributed by atoms with van der Waals surface area (Å²) in [4.78, 5) is 0. The molecule has 1 saturated carbocycles. The first-order valence-corrected chi connectivity index (χ1v) is 14.7. The molecule has 3 aromatic rings. The Morgan fingerprint density at radius 2 is 1.73 bits per heavy atom. The van der Waals surface area contributed by atoms with Crippen LogP contribution in [-0.4, -0.2) is 11.7 Å². The summed E-state index contributed by atoms with van der Waals surface area (Å²) in [6.07, 6.45) is 9.72. The molecule has 0 heterocycles. The van der Waals surface area contributed by atoms with Crippen LogP contribution in [-0.2, 0) is 6.42 Å². The van der Waals surface area contributed by atoms with E-state index in [2.05, 4.69) is 6.58 Å². The molecule has 0 radical (unpaired) electrons. The SMILES string of the molecule is C=CCCCOc1ccc(CCC2CCC(c3ccc(-c4ccc(C(O)CCC)cc4)c(F)c3F)CC2)cc1F. The Kier molecular flexibility index (Phi) is 10.9. The number of aryl methyl sites for hydroxylation is 1. The van der Waals surface area contributed by atoms with Crippen molar-refractivity contribution >= 4 is 0 Å². The van der Waals surface area contributed by atoms with Gasteiger partial charge >= 0.3 is 0 Å². The largest absolute Gasteiger partial charge is 0.491 e. The Morgan fingerprint density at radius 1 is 0.975 bits per heavy atom. The van der Waals surface area contributed by atoms with Crippen molar-refractivity contribution in [1.82, 2.24) is 0 Å². The van der Waals surface area contributed by atoms with E-state index < -0.39 is 17.7 Å². The molecule has 0 saturated heterocycles. The van der Waals surface area contributed by atoms with Crippen LogP contribution in [0.3, 0.4) is 0 Å². The molecule has 1 atom stereocenters. The number of hydrogen-bond donors (Lipinski definition) is 1. The van der Waals surface area contributed by atoms with Crippen LogP contribution in [0, 0.1) is 23.4 Å². The van der Waals surface area contributed by atoms with Crippen LogP contribution in [0.2, 0.25) is 0 Å². The van der Waals surface area contributed by atoms with Gasteiger partial charge in [-0.15, -0.1) is 6.58 Å². The van der Waals surface area contributed by atoms with E-state index in [-0.39, 0.29) is 23.0 Å². The second-order valence-corrected chi connectivity index (χ2v) is 11.1. The summed E-state index contributed by atoms with van der Waals surface area (Å²) in [5.41, 5.74) is 3.04. The number of benzene rings is 3. The molecule has 40 heavy (non-hydrogen) atoms. The van der Waals surface area contributed by atoms with Crippen molar-refractivity contribution in [1.29, 1.82) is 0 Å². The molecule has 1 N–H and O–H groups in total. The average Bonchev–Trinajstić information content (AvgIpc) is 2.97. The second kappa shape index (κ2) is 14.5. The number of aliphatic hydroxyl groups excluding tert-OH is 1. The van der Waals surface area contributed by atoms with Crippen molar-refractivity contribution in [2.75, 3.05) is 6.61 Å². The number of ether oxygens (including phenoxy) is 1. The number of rotatable bonds is 13. The monoisotopic (exact) mass is 550 g/mol. The number of halogens is 3. The van der Waals surface area contributed by atoms with Gasteiger partial charge in [-0.25, -0.2) is 13.2 Å². The van der Waals surface area contributed by atoms with Crippen LogP contribution in [0.1, 0.15) is 93.4 Å². The van der Waals surface area contributed by atoms with Crippen molar-refractivity contribution in [3.05, 3.63) is 101 Å².